The molecule has 2 aromatic rings. The van der Waals surface area contributed by atoms with Crippen molar-refractivity contribution in [1.29, 1.82) is 0 Å². The fourth-order valence-corrected chi connectivity index (χ4v) is 5.51. The average Bonchev–Trinajstić information content (AvgIpc) is 3.33. The Bertz CT molecular complexity index is 948. The number of aliphatic hydroxyl groups is 2. The summed E-state index contributed by atoms with van der Waals surface area (Å²) in [5.74, 6) is 1.14. The molecule has 1 saturated heterocycles. The molecule has 2 aliphatic heterocycles. The van der Waals surface area contributed by atoms with E-state index >= 15 is 0 Å². The van der Waals surface area contributed by atoms with Crippen LogP contribution in [-0.4, -0.2) is 46.1 Å². The maximum atomic E-state index is 13.8. The molecule has 0 bridgehead atoms. The van der Waals surface area contributed by atoms with Gasteiger partial charge in [0, 0.05) is 17.0 Å². The zero-order valence-corrected chi connectivity index (χ0v) is 17.0. The van der Waals surface area contributed by atoms with Gasteiger partial charge in [0.05, 0.1) is 18.2 Å². The van der Waals surface area contributed by atoms with Crippen LogP contribution in [0.25, 0.3) is 0 Å². The number of likely N-dealkylation sites (tertiary alicyclic amines) is 1. The van der Waals surface area contributed by atoms with Crippen LogP contribution in [0, 0.1) is 5.41 Å². The molecule has 6 heteroatoms. The van der Waals surface area contributed by atoms with E-state index in [2.05, 4.69) is 0 Å². The lowest BCUT2D eigenvalue weighted by atomic mass is 9.74. The van der Waals surface area contributed by atoms with Crippen molar-refractivity contribution in [3.63, 3.8) is 0 Å². The topological polar surface area (TPSA) is 79.2 Å². The van der Waals surface area contributed by atoms with E-state index in [4.69, 9.17) is 9.47 Å². The number of ether oxygens (including phenoxy) is 2. The highest BCUT2D eigenvalue weighted by Crippen LogP contribution is 2.54. The highest BCUT2D eigenvalue weighted by Gasteiger charge is 2.57. The number of hydrogen-bond donors (Lipinski definition) is 2. The Balaban J connectivity index is 1.58. The summed E-state index contributed by atoms with van der Waals surface area (Å²) >= 11 is 0. The molecule has 2 N–H and O–H groups in total. The minimum absolute atomic E-state index is 0.0838. The molecule has 0 spiro atoms. The standard InChI is InChI=1S/C24H27NO5/c1-24-13-17(15-6-3-2-4-7-15)25(21(24)9-5-8-18(26)22(24)27)23(28)16-10-11-19-20(12-16)30-14-29-19/h2-4,6-7,10-12,17-18,21-22,26-27H,5,8-9,13-14H2,1H3/t17-,18-,21-,22-,24-/m1/s1. The molecule has 1 amide bonds. The average molecular weight is 409 g/mol. The number of nitrogens with zero attached hydrogens (tertiary/aromatic N) is 1. The number of benzene rings is 2. The summed E-state index contributed by atoms with van der Waals surface area (Å²) in [6.07, 6.45) is 1.04. The minimum atomic E-state index is -0.870. The predicted molar refractivity (Wildman–Crippen MR) is 110 cm³/mol. The van der Waals surface area contributed by atoms with Crippen molar-refractivity contribution in [3.8, 4) is 11.5 Å². The second-order valence-electron chi connectivity index (χ2n) is 8.88. The third kappa shape index (κ3) is 2.97. The molecule has 6 nitrogen and oxygen atoms in total. The first-order chi connectivity index (χ1) is 14.5. The lowest BCUT2D eigenvalue weighted by molar-refractivity contribution is -0.0612. The Morgan fingerprint density at radius 1 is 1.07 bits per heavy atom. The number of fused-ring (bicyclic) bond motifs is 2. The lowest BCUT2D eigenvalue weighted by Crippen LogP contribution is -2.49. The largest absolute Gasteiger partial charge is 0.454 e. The van der Waals surface area contributed by atoms with E-state index in [1.54, 1.807) is 18.2 Å². The molecule has 30 heavy (non-hydrogen) atoms. The monoisotopic (exact) mass is 409 g/mol. The van der Waals surface area contributed by atoms with E-state index in [-0.39, 0.29) is 24.8 Å². The Labute approximate surface area is 176 Å². The van der Waals surface area contributed by atoms with Crippen LogP contribution in [0.15, 0.2) is 48.5 Å². The molecule has 1 saturated carbocycles. The molecule has 0 radical (unpaired) electrons. The van der Waals surface area contributed by atoms with Crippen LogP contribution in [0.4, 0.5) is 0 Å². The highest BCUT2D eigenvalue weighted by molar-refractivity contribution is 5.95. The summed E-state index contributed by atoms with van der Waals surface area (Å²) in [7, 11) is 0. The van der Waals surface area contributed by atoms with Crippen molar-refractivity contribution in [1.82, 2.24) is 4.90 Å². The van der Waals surface area contributed by atoms with Crippen LogP contribution in [0.1, 0.15) is 54.6 Å². The molecule has 5 rings (SSSR count). The molecule has 158 valence electrons. The van der Waals surface area contributed by atoms with Gasteiger partial charge in [0.2, 0.25) is 6.79 Å². The highest BCUT2D eigenvalue weighted by atomic mass is 16.7. The number of amides is 1. The second kappa shape index (κ2) is 7.29. The molecular weight excluding hydrogens is 382 g/mol. The third-order valence-corrected chi connectivity index (χ3v) is 7.12. The lowest BCUT2D eigenvalue weighted by Gasteiger charge is -2.38. The van der Waals surface area contributed by atoms with Crippen molar-refractivity contribution in [2.24, 2.45) is 5.41 Å². The number of carbonyl (C=O) groups excluding carboxylic acids is 1. The van der Waals surface area contributed by atoms with E-state index in [0.717, 1.165) is 18.4 Å². The number of rotatable bonds is 2. The number of hydrogen-bond acceptors (Lipinski definition) is 5. The van der Waals surface area contributed by atoms with E-state index in [1.165, 1.54) is 0 Å². The van der Waals surface area contributed by atoms with E-state index in [1.807, 2.05) is 42.2 Å². The van der Waals surface area contributed by atoms with Crippen molar-refractivity contribution < 1.29 is 24.5 Å². The van der Waals surface area contributed by atoms with Gasteiger partial charge >= 0.3 is 0 Å². The fraction of sp³-hybridized carbons (Fsp3) is 0.458. The first kappa shape index (κ1) is 19.4. The summed E-state index contributed by atoms with van der Waals surface area (Å²) in [5.41, 5.74) is 1.01. The second-order valence-corrected chi connectivity index (χ2v) is 8.88. The van der Waals surface area contributed by atoms with Crippen molar-refractivity contribution in [2.45, 2.75) is 56.9 Å². The Morgan fingerprint density at radius 2 is 1.83 bits per heavy atom. The van der Waals surface area contributed by atoms with Gasteiger partial charge in [-0.05, 0) is 49.4 Å². The molecule has 2 fully saturated rings. The summed E-state index contributed by atoms with van der Waals surface area (Å²) in [4.78, 5) is 15.8. The summed E-state index contributed by atoms with van der Waals surface area (Å²) in [5, 5.41) is 21.5. The quantitative estimate of drug-likeness (QED) is 0.796. The molecular formula is C24H27NO5. The maximum absolute atomic E-state index is 13.8. The normalized spacial score (nSPS) is 32.6. The smallest absolute Gasteiger partial charge is 0.254 e. The Kier molecular flexibility index (Phi) is 4.71. The minimum Gasteiger partial charge on any atom is -0.454 e. The van der Waals surface area contributed by atoms with Gasteiger partial charge in [-0.25, -0.2) is 0 Å². The van der Waals surface area contributed by atoms with Gasteiger partial charge < -0.3 is 24.6 Å². The molecule has 2 aromatic carbocycles. The van der Waals surface area contributed by atoms with Crippen molar-refractivity contribution >= 4 is 5.91 Å². The molecule has 0 aromatic heterocycles. The first-order valence-electron chi connectivity index (χ1n) is 10.6. The van der Waals surface area contributed by atoms with Gasteiger partial charge in [0.1, 0.15) is 0 Å². The van der Waals surface area contributed by atoms with E-state index < -0.39 is 17.6 Å². The fourth-order valence-electron chi connectivity index (χ4n) is 5.51. The van der Waals surface area contributed by atoms with Gasteiger partial charge in [0.25, 0.3) is 5.91 Å². The molecule has 1 aliphatic carbocycles. The van der Waals surface area contributed by atoms with Crippen LogP contribution >= 0.6 is 0 Å². The van der Waals surface area contributed by atoms with Gasteiger partial charge in [-0.1, -0.05) is 37.3 Å². The summed E-state index contributed by atoms with van der Waals surface area (Å²) in [6.45, 7) is 2.17. The summed E-state index contributed by atoms with van der Waals surface area (Å²) in [6, 6.07) is 14.9. The number of aliphatic hydroxyl groups excluding tert-OH is 2. The molecule has 5 atom stereocenters. The predicted octanol–water partition coefficient (Wildman–Crippen LogP) is 3.28. The van der Waals surface area contributed by atoms with Crippen LogP contribution in [0.2, 0.25) is 0 Å². The Hall–Kier alpha value is -2.57. The zero-order valence-electron chi connectivity index (χ0n) is 17.0. The SMILES string of the molecule is C[C@@]12C[C@H](c3ccccc3)N(C(=O)c3ccc4c(c3)OCO4)[C@@H]1CCC[C@@H](O)[C@H]2O. The van der Waals surface area contributed by atoms with Gasteiger partial charge in [-0.15, -0.1) is 0 Å². The molecule has 0 unspecified atom stereocenters. The first-order valence-corrected chi connectivity index (χ1v) is 10.6. The van der Waals surface area contributed by atoms with Crippen LogP contribution in [0.3, 0.4) is 0 Å². The van der Waals surface area contributed by atoms with Crippen LogP contribution in [-0.2, 0) is 0 Å². The summed E-state index contributed by atoms with van der Waals surface area (Å²) < 4.78 is 10.9. The van der Waals surface area contributed by atoms with E-state index in [9.17, 15) is 15.0 Å². The zero-order chi connectivity index (χ0) is 20.9. The molecule has 2 heterocycles. The maximum Gasteiger partial charge on any atom is 0.254 e. The van der Waals surface area contributed by atoms with Gasteiger partial charge in [0.15, 0.2) is 11.5 Å². The van der Waals surface area contributed by atoms with Crippen molar-refractivity contribution in [2.75, 3.05) is 6.79 Å². The third-order valence-electron chi connectivity index (χ3n) is 7.12. The van der Waals surface area contributed by atoms with Crippen LogP contribution < -0.4 is 9.47 Å². The van der Waals surface area contributed by atoms with E-state index in [0.29, 0.717) is 29.9 Å². The van der Waals surface area contributed by atoms with Gasteiger partial charge in [-0.3, -0.25) is 4.79 Å². The number of carbonyl (C=O) groups is 1. The van der Waals surface area contributed by atoms with Gasteiger partial charge in [-0.2, -0.15) is 0 Å². The van der Waals surface area contributed by atoms with Crippen molar-refractivity contribution in [3.05, 3.63) is 59.7 Å². The molecule has 3 aliphatic rings. The Morgan fingerprint density at radius 3 is 2.63 bits per heavy atom. The van der Waals surface area contributed by atoms with Crippen LogP contribution in [0.5, 0.6) is 11.5 Å².